The highest BCUT2D eigenvalue weighted by Crippen LogP contribution is 2.19. The maximum Gasteiger partial charge on any atom is 0.272 e. The van der Waals surface area contributed by atoms with Crippen molar-refractivity contribution in [2.75, 3.05) is 0 Å². The first-order valence-electron chi connectivity index (χ1n) is 7.30. The minimum absolute atomic E-state index is 0.00595. The van der Waals surface area contributed by atoms with Crippen LogP contribution in [0, 0.1) is 22.5 Å². The summed E-state index contributed by atoms with van der Waals surface area (Å²) in [5, 5.41) is 11.0. The molecule has 0 radical (unpaired) electrons. The number of thiazole rings is 1. The number of ketones is 1. The van der Waals surface area contributed by atoms with E-state index in [9.17, 15) is 19.7 Å². The fourth-order valence-corrected chi connectivity index (χ4v) is 2.81. The molecule has 0 aliphatic heterocycles. The normalized spacial score (nSPS) is 13.3. The van der Waals surface area contributed by atoms with E-state index in [-0.39, 0.29) is 17.0 Å². The molecule has 1 heterocycles. The minimum Gasteiger partial charge on any atom is -0.313 e. The molecule has 0 spiro atoms. The fraction of sp³-hybridized carbons (Fsp3) is 0.294. The van der Waals surface area contributed by atoms with E-state index in [1.807, 2.05) is 0 Å². The first kappa shape index (κ1) is 17.8. The maximum absolute atomic E-state index is 12.0. The highest BCUT2D eigenvalue weighted by molar-refractivity contribution is 7.07. The Morgan fingerprint density at radius 1 is 1.33 bits per heavy atom. The molecule has 7 heteroatoms. The number of nitro benzene ring substituents is 1. The predicted octanol–water partition coefficient (Wildman–Crippen LogP) is 1.88. The van der Waals surface area contributed by atoms with Crippen LogP contribution in [0.3, 0.4) is 0 Å². The fourth-order valence-electron chi connectivity index (χ4n) is 1.92. The molecule has 0 bridgehead atoms. The van der Waals surface area contributed by atoms with Crippen molar-refractivity contribution in [1.82, 2.24) is 4.98 Å². The zero-order valence-corrected chi connectivity index (χ0v) is 14.7. The zero-order chi connectivity index (χ0) is 18.1. The van der Waals surface area contributed by atoms with Gasteiger partial charge in [0, 0.05) is 23.1 Å². The summed E-state index contributed by atoms with van der Waals surface area (Å²) in [6.45, 7) is 7.06. The van der Waals surface area contributed by atoms with Gasteiger partial charge in [-0.15, -0.1) is 11.3 Å². The van der Waals surface area contributed by atoms with Gasteiger partial charge in [-0.05, 0) is 18.6 Å². The lowest BCUT2D eigenvalue weighted by molar-refractivity contribution is -0.385. The van der Waals surface area contributed by atoms with E-state index in [2.05, 4.69) is 4.98 Å². The standard InChI is InChI=1S/C17H18N2O4S/c1-10-5-6-11(7-12(10)19(22)23)8-13-16(21)18-15(24-13)9-14(20)17(2,3)4/h5-9H,1-4H3,(H,18,21)/b13-8+,15-9+. The van der Waals surface area contributed by atoms with Crippen molar-refractivity contribution in [1.29, 1.82) is 0 Å². The van der Waals surface area contributed by atoms with Crippen LogP contribution in [-0.4, -0.2) is 15.7 Å². The summed E-state index contributed by atoms with van der Waals surface area (Å²) in [4.78, 5) is 37.2. The van der Waals surface area contributed by atoms with Gasteiger partial charge in [0.05, 0.1) is 14.1 Å². The molecule has 24 heavy (non-hydrogen) atoms. The number of hydrogen-bond acceptors (Lipinski definition) is 5. The number of H-pyrrole nitrogens is 1. The number of hydrogen-bond donors (Lipinski definition) is 1. The first-order chi connectivity index (χ1) is 11.1. The molecule has 1 aromatic carbocycles. The average molecular weight is 346 g/mol. The van der Waals surface area contributed by atoms with Crippen molar-refractivity contribution in [3.8, 4) is 0 Å². The number of carbonyl (C=O) groups excluding carboxylic acids is 1. The molecule has 2 aromatic rings. The predicted molar refractivity (Wildman–Crippen MR) is 94.5 cm³/mol. The second kappa shape index (κ2) is 6.52. The van der Waals surface area contributed by atoms with Gasteiger partial charge < -0.3 is 4.98 Å². The Kier molecular flexibility index (Phi) is 4.84. The molecular weight excluding hydrogens is 328 g/mol. The smallest absolute Gasteiger partial charge is 0.272 e. The lowest BCUT2D eigenvalue weighted by Gasteiger charge is -2.12. The number of nitrogens with one attached hydrogen (secondary N) is 1. The van der Waals surface area contributed by atoms with Crippen LogP contribution >= 0.6 is 11.3 Å². The molecule has 126 valence electrons. The number of aromatic nitrogens is 1. The Labute approximate surface area is 142 Å². The Bertz CT molecular complexity index is 977. The monoisotopic (exact) mass is 346 g/mol. The Hall–Kier alpha value is -2.54. The van der Waals surface area contributed by atoms with E-state index in [0.717, 1.165) is 11.3 Å². The molecule has 0 saturated heterocycles. The third-order valence-corrected chi connectivity index (χ3v) is 4.37. The van der Waals surface area contributed by atoms with Crippen LogP contribution in [0.1, 0.15) is 31.9 Å². The summed E-state index contributed by atoms with van der Waals surface area (Å²) >= 11 is 1.15. The second-order valence-corrected chi connectivity index (χ2v) is 7.57. The molecule has 0 unspecified atom stereocenters. The topological polar surface area (TPSA) is 93.1 Å². The van der Waals surface area contributed by atoms with Gasteiger partial charge in [0.2, 0.25) is 0 Å². The van der Waals surface area contributed by atoms with Crippen molar-refractivity contribution in [3.05, 3.63) is 59.0 Å². The number of Topliss-reactive ketones (excluding diaryl/α,β-unsaturated/α-hetero) is 1. The molecule has 0 saturated carbocycles. The van der Waals surface area contributed by atoms with E-state index in [1.54, 1.807) is 45.9 Å². The molecule has 0 atom stereocenters. The van der Waals surface area contributed by atoms with Crippen molar-refractivity contribution < 1.29 is 9.72 Å². The van der Waals surface area contributed by atoms with Gasteiger partial charge in [-0.3, -0.25) is 19.7 Å². The minimum atomic E-state index is -0.525. The largest absolute Gasteiger partial charge is 0.313 e. The summed E-state index contributed by atoms with van der Waals surface area (Å²) in [7, 11) is 0. The summed E-state index contributed by atoms with van der Waals surface area (Å²) in [6, 6.07) is 4.78. The number of aryl methyl sites for hydroxylation is 1. The number of rotatable bonds is 3. The van der Waals surface area contributed by atoms with E-state index in [0.29, 0.717) is 20.3 Å². The first-order valence-corrected chi connectivity index (χ1v) is 8.11. The summed E-state index contributed by atoms with van der Waals surface area (Å²) in [5.74, 6) is -0.0856. The highest BCUT2D eigenvalue weighted by Gasteiger charge is 2.18. The molecule has 0 aliphatic rings. The molecule has 1 N–H and O–H groups in total. The third-order valence-electron chi connectivity index (χ3n) is 3.41. The second-order valence-electron chi connectivity index (χ2n) is 6.49. The Morgan fingerprint density at radius 2 is 2.00 bits per heavy atom. The average Bonchev–Trinajstić information content (AvgIpc) is 2.79. The van der Waals surface area contributed by atoms with E-state index in [1.165, 1.54) is 12.1 Å². The van der Waals surface area contributed by atoms with Gasteiger partial charge in [0.25, 0.3) is 11.2 Å². The van der Waals surface area contributed by atoms with Crippen molar-refractivity contribution in [2.45, 2.75) is 27.7 Å². The maximum atomic E-state index is 12.0. The molecule has 0 aliphatic carbocycles. The summed E-state index contributed by atoms with van der Waals surface area (Å²) in [5.41, 5.74) is 0.278. The molecule has 2 rings (SSSR count). The number of nitro groups is 1. The zero-order valence-electron chi connectivity index (χ0n) is 13.9. The molecule has 0 amide bonds. The Morgan fingerprint density at radius 3 is 2.58 bits per heavy atom. The molecule has 1 aromatic heterocycles. The molecule has 0 fully saturated rings. The highest BCUT2D eigenvalue weighted by atomic mass is 32.1. The van der Waals surface area contributed by atoms with Gasteiger partial charge in [-0.1, -0.05) is 32.9 Å². The lowest BCUT2D eigenvalue weighted by atomic mass is 9.91. The summed E-state index contributed by atoms with van der Waals surface area (Å²) < 4.78 is 0.855. The van der Waals surface area contributed by atoms with Crippen LogP contribution < -0.4 is 14.8 Å². The number of aromatic amines is 1. The van der Waals surface area contributed by atoms with Crippen LogP contribution in [0.5, 0.6) is 0 Å². The SMILES string of the molecule is Cc1ccc(/C=c2/s/c(=C/C(=O)C(C)(C)C)[nH]c2=O)cc1[N+](=O)[O-]. The number of carbonyl (C=O) groups is 1. The van der Waals surface area contributed by atoms with Crippen LogP contribution in [0.15, 0.2) is 23.0 Å². The van der Waals surface area contributed by atoms with Gasteiger partial charge in [0.15, 0.2) is 5.78 Å². The van der Waals surface area contributed by atoms with Crippen molar-refractivity contribution in [3.63, 3.8) is 0 Å². The van der Waals surface area contributed by atoms with Crippen LogP contribution in [0.4, 0.5) is 5.69 Å². The molecule has 6 nitrogen and oxygen atoms in total. The van der Waals surface area contributed by atoms with E-state index >= 15 is 0 Å². The van der Waals surface area contributed by atoms with Crippen molar-refractivity contribution in [2.24, 2.45) is 5.41 Å². The van der Waals surface area contributed by atoms with Gasteiger partial charge in [-0.25, -0.2) is 0 Å². The van der Waals surface area contributed by atoms with Crippen LogP contribution in [-0.2, 0) is 4.79 Å². The van der Waals surface area contributed by atoms with E-state index < -0.39 is 10.3 Å². The van der Waals surface area contributed by atoms with E-state index in [4.69, 9.17) is 0 Å². The van der Waals surface area contributed by atoms with Crippen LogP contribution in [0.25, 0.3) is 12.2 Å². The van der Waals surface area contributed by atoms with Crippen LogP contribution in [0.2, 0.25) is 0 Å². The van der Waals surface area contributed by atoms with Crippen molar-refractivity contribution >= 4 is 35.0 Å². The third kappa shape index (κ3) is 4.05. The molecular formula is C17H18N2O4S. The number of nitrogens with zero attached hydrogens (tertiary/aromatic N) is 1. The van der Waals surface area contributed by atoms with Gasteiger partial charge >= 0.3 is 0 Å². The summed E-state index contributed by atoms with van der Waals surface area (Å²) in [6.07, 6.45) is 3.00. The Balaban J connectivity index is 2.52. The number of benzene rings is 1. The van der Waals surface area contributed by atoms with Gasteiger partial charge in [0.1, 0.15) is 0 Å². The van der Waals surface area contributed by atoms with Gasteiger partial charge in [-0.2, -0.15) is 0 Å². The quantitative estimate of drug-likeness (QED) is 0.678. The lowest BCUT2D eigenvalue weighted by Crippen LogP contribution is -2.22.